The molecule has 0 aromatic rings. The van der Waals surface area contributed by atoms with E-state index in [0.717, 1.165) is 32.3 Å². The molecule has 1 N–H and O–H groups in total. The maximum absolute atomic E-state index is 10.2. The zero-order chi connectivity index (χ0) is 9.73. The predicted molar refractivity (Wildman–Crippen MR) is 50.7 cm³/mol. The standard InChI is InChI=1S/C10H20O3/c1-9-10(11,8-12-2)6-4-3-5-7-13-9/h9,11H,3-8H2,1-2H3/t9-,10-/m1/s1. The molecule has 1 fully saturated rings. The van der Waals surface area contributed by atoms with Crippen molar-refractivity contribution in [1.82, 2.24) is 0 Å². The van der Waals surface area contributed by atoms with Crippen molar-refractivity contribution in [3.05, 3.63) is 0 Å². The Balaban J connectivity index is 2.54. The van der Waals surface area contributed by atoms with E-state index in [1.54, 1.807) is 7.11 Å². The Kier molecular flexibility index (Phi) is 4.16. The number of ether oxygens (including phenoxy) is 2. The van der Waals surface area contributed by atoms with E-state index < -0.39 is 5.60 Å². The van der Waals surface area contributed by atoms with E-state index in [0.29, 0.717) is 6.61 Å². The molecule has 0 saturated carbocycles. The molecule has 0 amide bonds. The molecule has 1 aliphatic rings. The summed E-state index contributed by atoms with van der Waals surface area (Å²) < 4.78 is 10.5. The average molecular weight is 188 g/mol. The summed E-state index contributed by atoms with van der Waals surface area (Å²) in [6.45, 7) is 3.05. The lowest BCUT2D eigenvalue weighted by molar-refractivity contribution is -0.141. The summed E-state index contributed by atoms with van der Waals surface area (Å²) in [5, 5.41) is 10.2. The van der Waals surface area contributed by atoms with Crippen molar-refractivity contribution < 1.29 is 14.6 Å². The van der Waals surface area contributed by atoms with Gasteiger partial charge in [-0.05, 0) is 19.8 Å². The Bertz CT molecular complexity index is 149. The summed E-state index contributed by atoms with van der Waals surface area (Å²) in [6, 6.07) is 0. The van der Waals surface area contributed by atoms with Gasteiger partial charge in [0.25, 0.3) is 0 Å². The monoisotopic (exact) mass is 188 g/mol. The summed E-state index contributed by atoms with van der Waals surface area (Å²) in [6.07, 6.45) is 3.97. The molecule has 1 aliphatic heterocycles. The van der Waals surface area contributed by atoms with Crippen molar-refractivity contribution in [3.63, 3.8) is 0 Å². The molecule has 0 spiro atoms. The molecular formula is C10H20O3. The Morgan fingerprint density at radius 1 is 1.46 bits per heavy atom. The second-order valence-corrected chi connectivity index (χ2v) is 3.86. The zero-order valence-electron chi connectivity index (χ0n) is 8.58. The number of rotatable bonds is 2. The fourth-order valence-corrected chi connectivity index (χ4v) is 1.77. The van der Waals surface area contributed by atoms with Crippen LogP contribution in [-0.2, 0) is 9.47 Å². The highest BCUT2D eigenvalue weighted by atomic mass is 16.5. The van der Waals surface area contributed by atoms with Gasteiger partial charge in [-0.3, -0.25) is 0 Å². The molecule has 2 atom stereocenters. The van der Waals surface area contributed by atoms with Crippen LogP contribution in [-0.4, -0.2) is 37.1 Å². The van der Waals surface area contributed by atoms with E-state index in [1.165, 1.54) is 0 Å². The summed E-state index contributed by atoms with van der Waals surface area (Å²) >= 11 is 0. The summed E-state index contributed by atoms with van der Waals surface area (Å²) in [7, 11) is 1.61. The second kappa shape index (κ2) is 4.94. The van der Waals surface area contributed by atoms with Crippen molar-refractivity contribution in [3.8, 4) is 0 Å². The van der Waals surface area contributed by atoms with E-state index in [9.17, 15) is 5.11 Å². The maximum Gasteiger partial charge on any atom is 0.114 e. The van der Waals surface area contributed by atoms with Crippen LogP contribution in [0.4, 0.5) is 0 Å². The topological polar surface area (TPSA) is 38.7 Å². The van der Waals surface area contributed by atoms with Crippen LogP contribution in [0.5, 0.6) is 0 Å². The molecular weight excluding hydrogens is 168 g/mol. The van der Waals surface area contributed by atoms with Gasteiger partial charge in [-0.2, -0.15) is 0 Å². The molecule has 78 valence electrons. The van der Waals surface area contributed by atoms with Crippen molar-refractivity contribution in [2.75, 3.05) is 20.3 Å². The molecule has 0 radical (unpaired) electrons. The molecule has 3 nitrogen and oxygen atoms in total. The van der Waals surface area contributed by atoms with Crippen LogP contribution < -0.4 is 0 Å². The first-order valence-electron chi connectivity index (χ1n) is 5.02. The van der Waals surface area contributed by atoms with Gasteiger partial charge in [0.05, 0.1) is 12.7 Å². The first-order chi connectivity index (χ1) is 6.19. The molecule has 0 aromatic carbocycles. The highest BCUT2D eigenvalue weighted by Gasteiger charge is 2.34. The van der Waals surface area contributed by atoms with Gasteiger partial charge in [0.15, 0.2) is 0 Å². The average Bonchev–Trinajstić information content (AvgIpc) is 2.09. The van der Waals surface area contributed by atoms with Gasteiger partial charge in [-0.25, -0.2) is 0 Å². The lowest BCUT2D eigenvalue weighted by atomic mass is 9.90. The SMILES string of the molecule is COC[C@]1(O)CCCCCO[C@@H]1C. The van der Waals surface area contributed by atoms with Crippen LogP contribution in [0.2, 0.25) is 0 Å². The van der Waals surface area contributed by atoms with Gasteiger partial charge in [0.1, 0.15) is 5.60 Å². The van der Waals surface area contributed by atoms with Crippen molar-refractivity contribution in [1.29, 1.82) is 0 Å². The smallest absolute Gasteiger partial charge is 0.114 e. The third-order valence-electron chi connectivity index (χ3n) is 2.77. The van der Waals surface area contributed by atoms with Crippen LogP contribution in [0.25, 0.3) is 0 Å². The Morgan fingerprint density at radius 3 is 2.92 bits per heavy atom. The van der Waals surface area contributed by atoms with Crippen LogP contribution in [0, 0.1) is 0 Å². The molecule has 0 aliphatic carbocycles. The normalized spacial score (nSPS) is 36.7. The zero-order valence-corrected chi connectivity index (χ0v) is 8.58. The highest BCUT2D eigenvalue weighted by molar-refractivity contribution is 4.85. The van der Waals surface area contributed by atoms with E-state index >= 15 is 0 Å². The molecule has 3 heteroatoms. The Morgan fingerprint density at radius 2 is 2.23 bits per heavy atom. The minimum Gasteiger partial charge on any atom is -0.385 e. The van der Waals surface area contributed by atoms with Gasteiger partial charge >= 0.3 is 0 Å². The van der Waals surface area contributed by atoms with E-state index in [2.05, 4.69) is 0 Å². The van der Waals surface area contributed by atoms with Crippen molar-refractivity contribution >= 4 is 0 Å². The largest absolute Gasteiger partial charge is 0.385 e. The molecule has 13 heavy (non-hydrogen) atoms. The highest BCUT2D eigenvalue weighted by Crippen LogP contribution is 2.24. The summed E-state index contributed by atoms with van der Waals surface area (Å²) in [4.78, 5) is 0. The third-order valence-corrected chi connectivity index (χ3v) is 2.77. The number of aliphatic hydroxyl groups is 1. The van der Waals surface area contributed by atoms with Crippen LogP contribution in [0.15, 0.2) is 0 Å². The molecule has 1 heterocycles. The first kappa shape index (κ1) is 11.0. The Labute approximate surface area is 80.0 Å². The molecule has 0 bridgehead atoms. The van der Waals surface area contributed by atoms with Gasteiger partial charge in [0, 0.05) is 13.7 Å². The van der Waals surface area contributed by atoms with E-state index in [1.807, 2.05) is 6.92 Å². The maximum atomic E-state index is 10.2. The van der Waals surface area contributed by atoms with E-state index in [4.69, 9.17) is 9.47 Å². The first-order valence-corrected chi connectivity index (χ1v) is 5.02. The third kappa shape index (κ3) is 2.93. The van der Waals surface area contributed by atoms with Crippen molar-refractivity contribution in [2.24, 2.45) is 0 Å². The molecule has 1 rings (SSSR count). The fourth-order valence-electron chi connectivity index (χ4n) is 1.77. The van der Waals surface area contributed by atoms with Crippen molar-refractivity contribution in [2.45, 2.75) is 44.3 Å². The fraction of sp³-hybridized carbons (Fsp3) is 1.00. The lowest BCUT2D eigenvalue weighted by Gasteiger charge is -2.35. The van der Waals surface area contributed by atoms with Gasteiger partial charge in [0.2, 0.25) is 0 Å². The second-order valence-electron chi connectivity index (χ2n) is 3.86. The summed E-state index contributed by atoms with van der Waals surface area (Å²) in [5.74, 6) is 0. The predicted octanol–water partition coefficient (Wildman–Crippen LogP) is 1.34. The van der Waals surface area contributed by atoms with Gasteiger partial charge in [-0.15, -0.1) is 0 Å². The number of hydrogen-bond donors (Lipinski definition) is 1. The quantitative estimate of drug-likeness (QED) is 0.710. The minimum atomic E-state index is -0.783. The van der Waals surface area contributed by atoms with Crippen LogP contribution >= 0.6 is 0 Å². The summed E-state index contributed by atoms with van der Waals surface area (Å²) in [5.41, 5.74) is -0.783. The Hall–Kier alpha value is -0.120. The van der Waals surface area contributed by atoms with Crippen LogP contribution in [0.1, 0.15) is 32.6 Å². The molecule has 1 saturated heterocycles. The lowest BCUT2D eigenvalue weighted by Crippen LogP contribution is -2.47. The van der Waals surface area contributed by atoms with Crippen LogP contribution in [0.3, 0.4) is 0 Å². The molecule has 0 unspecified atom stereocenters. The minimum absolute atomic E-state index is 0.118. The number of hydrogen-bond acceptors (Lipinski definition) is 3. The van der Waals surface area contributed by atoms with E-state index in [-0.39, 0.29) is 6.10 Å². The van der Waals surface area contributed by atoms with Gasteiger partial charge in [-0.1, -0.05) is 12.8 Å². The number of methoxy groups -OCH3 is 1. The molecule has 0 aromatic heterocycles. The van der Waals surface area contributed by atoms with Gasteiger partial charge < -0.3 is 14.6 Å².